The second-order valence-corrected chi connectivity index (χ2v) is 5.52. The van der Waals surface area contributed by atoms with E-state index in [1.807, 2.05) is 19.2 Å². The molecule has 0 spiro atoms. The van der Waals surface area contributed by atoms with E-state index in [2.05, 4.69) is 15.4 Å². The average Bonchev–Trinajstić information content (AvgIpc) is 2.99. The maximum absolute atomic E-state index is 11.9. The lowest BCUT2D eigenvalue weighted by Crippen LogP contribution is -2.20. The van der Waals surface area contributed by atoms with Gasteiger partial charge < -0.3 is 10.1 Å². The molecule has 1 heterocycles. The van der Waals surface area contributed by atoms with Gasteiger partial charge in [0.25, 0.3) is 5.91 Å². The fourth-order valence-corrected chi connectivity index (χ4v) is 2.36. The van der Waals surface area contributed by atoms with Crippen LogP contribution in [0.5, 0.6) is 5.75 Å². The number of rotatable bonds is 5. The van der Waals surface area contributed by atoms with Gasteiger partial charge in [0.1, 0.15) is 12.1 Å². The van der Waals surface area contributed by atoms with Gasteiger partial charge in [-0.2, -0.15) is 5.10 Å². The Kier molecular flexibility index (Phi) is 4.77. The SMILES string of the molecule is Cn1ncnc1-c1ccc(OCC(=O)Nc2cccc(Cl)c2)cc1. The summed E-state index contributed by atoms with van der Waals surface area (Å²) in [6, 6.07) is 14.3. The van der Waals surface area contributed by atoms with Gasteiger partial charge in [-0.15, -0.1) is 0 Å². The molecule has 0 aliphatic rings. The standard InChI is InChI=1S/C17H15ClN4O2/c1-22-17(19-11-20-22)12-5-7-15(8-6-12)24-10-16(23)21-14-4-2-3-13(18)9-14/h2-9,11H,10H2,1H3,(H,21,23). The van der Waals surface area contributed by atoms with Crippen molar-refractivity contribution in [3.63, 3.8) is 0 Å². The highest BCUT2D eigenvalue weighted by Gasteiger charge is 2.06. The number of carbonyl (C=O) groups excluding carboxylic acids is 1. The highest BCUT2D eigenvalue weighted by Crippen LogP contribution is 2.20. The second-order valence-electron chi connectivity index (χ2n) is 5.08. The maximum Gasteiger partial charge on any atom is 0.262 e. The molecule has 2 aromatic carbocycles. The number of amides is 1. The molecule has 1 aromatic heterocycles. The predicted molar refractivity (Wildman–Crippen MR) is 92.0 cm³/mol. The summed E-state index contributed by atoms with van der Waals surface area (Å²) in [5.41, 5.74) is 1.56. The van der Waals surface area contributed by atoms with Gasteiger partial charge in [-0.3, -0.25) is 4.79 Å². The summed E-state index contributed by atoms with van der Waals surface area (Å²) >= 11 is 5.88. The van der Waals surface area contributed by atoms with Crippen LogP contribution < -0.4 is 10.1 Å². The third kappa shape index (κ3) is 3.91. The van der Waals surface area contributed by atoms with Crippen LogP contribution in [-0.2, 0) is 11.8 Å². The van der Waals surface area contributed by atoms with Crippen LogP contribution >= 0.6 is 11.6 Å². The average molecular weight is 343 g/mol. The smallest absolute Gasteiger partial charge is 0.262 e. The number of benzene rings is 2. The summed E-state index contributed by atoms with van der Waals surface area (Å²) in [6.45, 7) is -0.0875. The number of hydrogen-bond acceptors (Lipinski definition) is 4. The van der Waals surface area contributed by atoms with Gasteiger partial charge in [-0.1, -0.05) is 17.7 Å². The number of ether oxygens (including phenoxy) is 1. The number of aromatic nitrogens is 3. The molecule has 24 heavy (non-hydrogen) atoms. The van der Waals surface area contributed by atoms with Crippen LogP contribution in [0, 0.1) is 0 Å². The van der Waals surface area contributed by atoms with Crippen LogP contribution in [0.1, 0.15) is 0 Å². The Morgan fingerprint density at radius 3 is 2.71 bits per heavy atom. The molecule has 3 aromatic rings. The molecule has 1 N–H and O–H groups in total. The Labute approximate surface area is 144 Å². The summed E-state index contributed by atoms with van der Waals surface area (Å²) in [7, 11) is 1.83. The van der Waals surface area contributed by atoms with Crippen LogP contribution in [0.4, 0.5) is 5.69 Å². The van der Waals surface area contributed by atoms with Crippen molar-refractivity contribution in [2.75, 3.05) is 11.9 Å². The van der Waals surface area contributed by atoms with Crippen molar-refractivity contribution >= 4 is 23.2 Å². The van der Waals surface area contributed by atoms with Crippen molar-refractivity contribution in [2.24, 2.45) is 7.05 Å². The van der Waals surface area contributed by atoms with E-state index >= 15 is 0 Å². The first-order valence-corrected chi connectivity index (χ1v) is 7.62. The fourth-order valence-electron chi connectivity index (χ4n) is 2.17. The lowest BCUT2D eigenvalue weighted by Gasteiger charge is -2.08. The van der Waals surface area contributed by atoms with Crippen molar-refractivity contribution in [3.05, 3.63) is 59.9 Å². The normalized spacial score (nSPS) is 10.4. The van der Waals surface area contributed by atoms with Gasteiger partial charge in [0.2, 0.25) is 0 Å². The van der Waals surface area contributed by atoms with Crippen molar-refractivity contribution in [3.8, 4) is 17.1 Å². The van der Waals surface area contributed by atoms with Crippen LogP contribution in [0.3, 0.4) is 0 Å². The summed E-state index contributed by atoms with van der Waals surface area (Å²) in [5.74, 6) is 1.11. The quantitative estimate of drug-likeness (QED) is 0.773. The van der Waals surface area contributed by atoms with E-state index in [1.54, 1.807) is 41.1 Å². The van der Waals surface area contributed by atoms with Crippen LogP contribution in [0.15, 0.2) is 54.9 Å². The van der Waals surface area contributed by atoms with Gasteiger partial charge >= 0.3 is 0 Å². The zero-order valence-corrected chi connectivity index (χ0v) is 13.7. The minimum atomic E-state index is -0.255. The molecule has 122 valence electrons. The zero-order valence-electron chi connectivity index (χ0n) is 12.9. The Morgan fingerprint density at radius 1 is 1.25 bits per heavy atom. The van der Waals surface area contributed by atoms with Crippen molar-refractivity contribution in [2.45, 2.75) is 0 Å². The molecule has 0 saturated heterocycles. The van der Waals surface area contributed by atoms with Crippen molar-refractivity contribution in [1.82, 2.24) is 14.8 Å². The van der Waals surface area contributed by atoms with Crippen molar-refractivity contribution < 1.29 is 9.53 Å². The topological polar surface area (TPSA) is 69.0 Å². The molecule has 7 heteroatoms. The molecular weight excluding hydrogens is 328 g/mol. The van der Waals surface area contributed by atoms with E-state index in [1.165, 1.54) is 6.33 Å². The largest absolute Gasteiger partial charge is 0.484 e. The second kappa shape index (κ2) is 7.14. The van der Waals surface area contributed by atoms with Gasteiger partial charge in [-0.25, -0.2) is 9.67 Å². The molecule has 1 amide bonds. The van der Waals surface area contributed by atoms with E-state index in [9.17, 15) is 4.79 Å². The van der Waals surface area contributed by atoms with E-state index in [0.717, 1.165) is 11.4 Å². The molecule has 0 atom stereocenters. The maximum atomic E-state index is 11.9. The molecule has 0 unspecified atom stereocenters. The summed E-state index contributed by atoms with van der Waals surface area (Å²) in [5, 5.41) is 7.32. The lowest BCUT2D eigenvalue weighted by molar-refractivity contribution is -0.118. The van der Waals surface area contributed by atoms with Crippen LogP contribution in [0.2, 0.25) is 5.02 Å². The molecule has 3 rings (SSSR count). The van der Waals surface area contributed by atoms with Crippen molar-refractivity contribution in [1.29, 1.82) is 0 Å². The number of hydrogen-bond donors (Lipinski definition) is 1. The Hall–Kier alpha value is -2.86. The first-order valence-electron chi connectivity index (χ1n) is 7.24. The summed E-state index contributed by atoms with van der Waals surface area (Å²) < 4.78 is 7.17. The molecule has 6 nitrogen and oxygen atoms in total. The Balaban J connectivity index is 1.57. The summed E-state index contributed by atoms with van der Waals surface area (Å²) in [4.78, 5) is 16.1. The minimum Gasteiger partial charge on any atom is -0.484 e. The van der Waals surface area contributed by atoms with Crippen LogP contribution in [0.25, 0.3) is 11.4 Å². The molecule has 0 aliphatic carbocycles. The molecule has 0 aliphatic heterocycles. The number of anilines is 1. The monoisotopic (exact) mass is 342 g/mol. The van der Waals surface area contributed by atoms with Gasteiger partial charge in [0.05, 0.1) is 0 Å². The first kappa shape index (κ1) is 16.0. The van der Waals surface area contributed by atoms with Gasteiger partial charge in [0.15, 0.2) is 12.4 Å². The molecule has 0 radical (unpaired) electrons. The van der Waals surface area contributed by atoms with Crippen LogP contribution in [-0.4, -0.2) is 27.3 Å². The molecule has 0 bridgehead atoms. The highest BCUT2D eigenvalue weighted by atomic mass is 35.5. The number of nitrogens with one attached hydrogen (secondary N) is 1. The van der Waals surface area contributed by atoms with Gasteiger partial charge in [-0.05, 0) is 42.5 Å². The third-order valence-electron chi connectivity index (χ3n) is 3.30. The third-order valence-corrected chi connectivity index (χ3v) is 3.54. The number of halogens is 1. The van der Waals surface area contributed by atoms with Gasteiger partial charge in [0, 0.05) is 23.3 Å². The zero-order chi connectivity index (χ0) is 16.9. The number of nitrogens with zero attached hydrogens (tertiary/aromatic N) is 3. The fraction of sp³-hybridized carbons (Fsp3) is 0.118. The number of aryl methyl sites for hydroxylation is 1. The highest BCUT2D eigenvalue weighted by molar-refractivity contribution is 6.30. The predicted octanol–water partition coefficient (Wildman–Crippen LogP) is 3.15. The molecule has 0 saturated carbocycles. The van der Waals surface area contributed by atoms with E-state index < -0.39 is 0 Å². The molecule has 0 fully saturated rings. The first-order chi connectivity index (χ1) is 11.6. The Bertz CT molecular complexity index is 846. The Morgan fingerprint density at radius 2 is 2.04 bits per heavy atom. The van der Waals surface area contributed by atoms with E-state index in [-0.39, 0.29) is 12.5 Å². The number of carbonyl (C=O) groups is 1. The van der Waals surface area contributed by atoms with E-state index in [0.29, 0.717) is 16.5 Å². The lowest BCUT2D eigenvalue weighted by atomic mass is 10.2. The molecular formula is C17H15ClN4O2. The van der Waals surface area contributed by atoms with E-state index in [4.69, 9.17) is 16.3 Å². The summed E-state index contributed by atoms with van der Waals surface area (Å²) in [6.07, 6.45) is 1.50. The minimum absolute atomic E-state index is 0.0875.